The molecule has 0 saturated heterocycles. The number of nitrogen functional groups attached to an aromatic ring is 1. The van der Waals surface area contributed by atoms with E-state index in [2.05, 4.69) is 26.3 Å². The highest BCUT2D eigenvalue weighted by Gasteiger charge is 2.31. The zero-order valence-electron chi connectivity index (χ0n) is 21.6. The van der Waals surface area contributed by atoms with Crippen molar-refractivity contribution in [3.63, 3.8) is 0 Å². The van der Waals surface area contributed by atoms with Crippen LogP contribution in [0.1, 0.15) is 52.9 Å². The third kappa shape index (κ3) is 9.73. The number of carbonyl (C=O) groups excluding carboxylic acids is 1. The van der Waals surface area contributed by atoms with Crippen molar-refractivity contribution in [1.29, 1.82) is 0 Å². The molecule has 0 saturated carbocycles. The van der Waals surface area contributed by atoms with Crippen LogP contribution < -0.4 is 32.6 Å². The second-order valence-electron chi connectivity index (χ2n) is 7.29. The molecule has 0 spiro atoms. The number of rotatable bonds is 5. The van der Waals surface area contributed by atoms with Crippen LogP contribution in [0.25, 0.3) is 5.57 Å². The smallest absolute Gasteiger partial charge is 0.261 e. The number of fused-ring (bicyclic) bond motifs is 1. The van der Waals surface area contributed by atoms with Crippen LogP contribution in [0.4, 0.5) is 25.8 Å². The van der Waals surface area contributed by atoms with E-state index in [4.69, 9.17) is 16.2 Å². The molecule has 0 atom stereocenters. The molecule has 196 valence electrons. The Labute approximate surface area is 206 Å². The number of alkyl halides is 2. The molecule has 0 fully saturated rings. The number of halogens is 2. The van der Waals surface area contributed by atoms with Crippen LogP contribution in [0.5, 0.6) is 5.75 Å². The average Bonchev–Trinajstić information content (AvgIpc) is 3.15. The second-order valence-corrected chi connectivity index (χ2v) is 7.29. The summed E-state index contributed by atoms with van der Waals surface area (Å²) in [5.41, 5.74) is 18.6. The van der Waals surface area contributed by atoms with Gasteiger partial charge < -0.3 is 32.6 Å². The number of amides is 1. The molecule has 2 heterocycles. The molecule has 2 aromatic rings. The highest BCUT2D eigenvalue weighted by molar-refractivity contribution is 6.24. The van der Waals surface area contributed by atoms with Crippen molar-refractivity contribution in [2.75, 3.05) is 30.0 Å². The van der Waals surface area contributed by atoms with Crippen molar-refractivity contribution in [1.82, 2.24) is 9.97 Å². The molecule has 1 aliphatic rings. The molecule has 3 rings (SSSR count). The zero-order chi connectivity index (χ0) is 27.2. The summed E-state index contributed by atoms with van der Waals surface area (Å²) in [6, 6.07) is 3.56. The fourth-order valence-electron chi connectivity index (χ4n) is 2.81. The molecule has 35 heavy (non-hydrogen) atoms. The Morgan fingerprint density at radius 1 is 1.20 bits per heavy atom. The predicted molar refractivity (Wildman–Crippen MR) is 139 cm³/mol. The van der Waals surface area contributed by atoms with Crippen molar-refractivity contribution < 1.29 is 18.3 Å². The van der Waals surface area contributed by atoms with Crippen LogP contribution in [0.2, 0.25) is 0 Å². The zero-order valence-corrected chi connectivity index (χ0v) is 21.6. The molecule has 1 aromatic heterocycles. The minimum Gasteiger partial charge on any atom is -0.487 e. The van der Waals surface area contributed by atoms with Gasteiger partial charge in [0.2, 0.25) is 0 Å². The second kappa shape index (κ2) is 15.4. The Morgan fingerprint density at radius 3 is 2.20 bits per heavy atom. The van der Waals surface area contributed by atoms with Gasteiger partial charge in [0.25, 0.3) is 12.3 Å². The van der Waals surface area contributed by atoms with Gasteiger partial charge in [-0.25, -0.2) is 18.7 Å². The van der Waals surface area contributed by atoms with E-state index < -0.39 is 18.9 Å². The molecular weight excluding hydrogens is 456 g/mol. The summed E-state index contributed by atoms with van der Waals surface area (Å²) in [6.45, 7) is 11.5. The van der Waals surface area contributed by atoms with E-state index >= 15 is 0 Å². The first kappa shape index (κ1) is 31.5. The molecule has 11 heteroatoms. The molecule has 9 nitrogen and oxygen atoms in total. The Kier molecular flexibility index (Phi) is 13.9. The molecule has 1 aliphatic heterocycles. The van der Waals surface area contributed by atoms with E-state index in [9.17, 15) is 13.6 Å². The van der Waals surface area contributed by atoms with E-state index in [1.165, 1.54) is 6.20 Å². The third-order valence-corrected chi connectivity index (χ3v) is 4.25. The van der Waals surface area contributed by atoms with Crippen LogP contribution in [0.15, 0.2) is 30.7 Å². The summed E-state index contributed by atoms with van der Waals surface area (Å²) in [5, 5.41) is 5.70. The minimum atomic E-state index is -2.34. The molecule has 0 aliphatic carbocycles. The fraction of sp³-hybridized carbons (Fsp3) is 0.458. The monoisotopic (exact) mass is 495 g/mol. The third-order valence-electron chi connectivity index (χ3n) is 4.25. The van der Waals surface area contributed by atoms with Gasteiger partial charge in [-0.1, -0.05) is 27.7 Å². The lowest BCUT2D eigenvalue weighted by Crippen LogP contribution is -2.24. The summed E-state index contributed by atoms with van der Waals surface area (Å²) < 4.78 is 27.1. The summed E-state index contributed by atoms with van der Waals surface area (Å²) in [7, 11) is 1.76. The van der Waals surface area contributed by atoms with E-state index in [1.54, 1.807) is 25.5 Å². The summed E-state index contributed by atoms with van der Waals surface area (Å²) in [5.74, 6) is 0.536. The first-order valence-corrected chi connectivity index (χ1v) is 11.4. The van der Waals surface area contributed by atoms with Crippen molar-refractivity contribution in [2.45, 2.75) is 60.0 Å². The van der Waals surface area contributed by atoms with Crippen LogP contribution in [-0.2, 0) is 11.2 Å². The van der Waals surface area contributed by atoms with Gasteiger partial charge in [0.15, 0.2) is 5.82 Å². The van der Waals surface area contributed by atoms with Crippen LogP contribution >= 0.6 is 0 Å². The molecular formula is C24H39F2N7O2. The SMILES string of the molecule is CC.CC.CNc1cnc(C(=CN)C(=O)Nc2cc3c(cc2N)OC(C)(C)C3)nc1.NCC(F)F. The van der Waals surface area contributed by atoms with Crippen molar-refractivity contribution in [2.24, 2.45) is 11.5 Å². The molecule has 0 radical (unpaired) electrons. The number of benzene rings is 1. The number of nitrogens with two attached hydrogens (primary N) is 3. The number of hydrogen-bond donors (Lipinski definition) is 5. The van der Waals surface area contributed by atoms with Gasteiger partial charge in [-0.3, -0.25) is 4.79 Å². The highest BCUT2D eigenvalue weighted by Crippen LogP contribution is 2.39. The maximum absolute atomic E-state index is 12.6. The molecule has 1 amide bonds. The van der Waals surface area contributed by atoms with Gasteiger partial charge in [0, 0.05) is 31.3 Å². The van der Waals surface area contributed by atoms with Gasteiger partial charge in [-0.05, 0) is 19.9 Å². The predicted octanol–water partition coefficient (Wildman–Crippen LogP) is 4.01. The normalized spacial score (nSPS) is 12.9. The number of ether oxygens (including phenoxy) is 1. The number of hydrogen-bond acceptors (Lipinski definition) is 8. The van der Waals surface area contributed by atoms with Crippen LogP contribution in [0.3, 0.4) is 0 Å². The van der Waals surface area contributed by atoms with Gasteiger partial charge in [-0.2, -0.15) is 0 Å². The van der Waals surface area contributed by atoms with Gasteiger partial charge in [0.05, 0.1) is 41.6 Å². The lowest BCUT2D eigenvalue weighted by Gasteiger charge is -2.16. The van der Waals surface area contributed by atoms with Crippen molar-refractivity contribution in [3.05, 3.63) is 42.1 Å². The minimum absolute atomic E-state index is 0.157. The number of aromatic nitrogens is 2. The van der Waals surface area contributed by atoms with E-state index in [-0.39, 0.29) is 17.0 Å². The van der Waals surface area contributed by atoms with Crippen LogP contribution in [-0.4, -0.2) is 41.5 Å². The van der Waals surface area contributed by atoms with E-state index in [1.807, 2.05) is 47.6 Å². The fourth-order valence-corrected chi connectivity index (χ4v) is 2.81. The number of anilines is 3. The Bertz CT molecular complexity index is 950. The Balaban J connectivity index is 0.00000112. The molecule has 8 N–H and O–H groups in total. The Morgan fingerprint density at radius 2 is 1.74 bits per heavy atom. The Hall–Kier alpha value is -3.47. The molecule has 1 aromatic carbocycles. The maximum Gasteiger partial charge on any atom is 0.261 e. The quantitative estimate of drug-likeness (QED) is 0.308. The van der Waals surface area contributed by atoms with Gasteiger partial charge in [0.1, 0.15) is 11.4 Å². The van der Waals surface area contributed by atoms with Crippen LogP contribution in [0, 0.1) is 0 Å². The topological polar surface area (TPSA) is 154 Å². The average molecular weight is 496 g/mol. The maximum atomic E-state index is 12.6. The number of nitrogens with zero attached hydrogens (tertiary/aromatic N) is 2. The van der Waals surface area contributed by atoms with E-state index in [0.29, 0.717) is 11.4 Å². The first-order valence-electron chi connectivity index (χ1n) is 11.4. The van der Waals surface area contributed by atoms with Crippen molar-refractivity contribution in [3.8, 4) is 5.75 Å². The summed E-state index contributed by atoms with van der Waals surface area (Å²) >= 11 is 0. The van der Waals surface area contributed by atoms with Gasteiger partial charge >= 0.3 is 0 Å². The van der Waals surface area contributed by atoms with Crippen molar-refractivity contribution >= 4 is 28.5 Å². The number of carbonyl (C=O) groups is 1. The lowest BCUT2D eigenvalue weighted by molar-refractivity contribution is -0.111. The lowest BCUT2D eigenvalue weighted by atomic mass is 10.0. The summed E-state index contributed by atoms with van der Waals surface area (Å²) in [6.07, 6.45) is 2.72. The summed E-state index contributed by atoms with van der Waals surface area (Å²) in [4.78, 5) is 20.9. The standard InChI is InChI=1S/C18H22N6O2.C2H5F2N.2C2H6/c1-18(2)6-10-4-14(13(20)5-15(10)26-18)24-17(25)12(7-19)16-22-8-11(21-3)9-23-16;3-2(4)1-5;2*1-2/h4-5,7-9,21H,6,19-20H2,1-3H3,(H,24,25);2H,1,5H2;2*1-2H3. The van der Waals surface area contributed by atoms with E-state index in [0.717, 1.165) is 23.4 Å². The number of nitrogens with one attached hydrogen (secondary N) is 2. The van der Waals surface area contributed by atoms with Gasteiger partial charge in [-0.15, -0.1) is 0 Å². The highest BCUT2D eigenvalue weighted by atomic mass is 19.3. The largest absolute Gasteiger partial charge is 0.487 e. The molecule has 0 bridgehead atoms. The first-order chi connectivity index (χ1) is 16.6. The molecule has 0 unspecified atom stereocenters.